The zero-order chi connectivity index (χ0) is 30.2. The number of amides is 2. The lowest BCUT2D eigenvalue weighted by atomic mass is 10.1. The second-order valence-corrected chi connectivity index (χ2v) is 12.7. The van der Waals surface area contributed by atoms with Gasteiger partial charge in [0.1, 0.15) is 12.6 Å². The van der Waals surface area contributed by atoms with E-state index in [4.69, 9.17) is 23.2 Å². The van der Waals surface area contributed by atoms with Gasteiger partial charge < -0.3 is 10.2 Å². The average molecular weight is 619 g/mol. The van der Waals surface area contributed by atoms with Crippen LogP contribution < -0.4 is 9.62 Å². The quantitative estimate of drug-likeness (QED) is 0.221. The predicted octanol–water partition coefficient (Wildman–Crippen LogP) is 6.53. The zero-order valence-electron chi connectivity index (χ0n) is 23.9. The smallest absolute Gasteiger partial charge is 0.264 e. The Labute approximate surface area is 253 Å². The summed E-state index contributed by atoms with van der Waals surface area (Å²) in [5.74, 6) is -0.840. The number of aryl methyl sites for hydroxylation is 2. The Bertz CT molecular complexity index is 1450. The van der Waals surface area contributed by atoms with Crippen LogP contribution in [0.1, 0.15) is 49.8 Å². The van der Waals surface area contributed by atoms with E-state index in [9.17, 15) is 18.0 Å². The normalized spacial score (nSPS) is 12.0. The minimum Gasteiger partial charge on any atom is -0.354 e. The predicted molar refractivity (Wildman–Crippen MR) is 166 cm³/mol. The molecule has 7 nitrogen and oxygen atoms in total. The molecule has 41 heavy (non-hydrogen) atoms. The summed E-state index contributed by atoms with van der Waals surface area (Å²) < 4.78 is 28.9. The molecule has 220 valence electrons. The van der Waals surface area contributed by atoms with E-state index < -0.39 is 28.5 Å². The number of rotatable bonds is 13. The summed E-state index contributed by atoms with van der Waals surface area (Å²) in [6.07, 6.45) is 2.03. The van der Waals surface area contributed by atoms with Crippen molar-refractivity contribution < 1.29 is 18.0 Å². The van der Waals surface area contributed by atoms with Gasteiger partial charge in [0.05, 0.1) is 10.6 Å². The fourth-order valence-electron chi connectivity index (χ4n) is 4.34. The van der Waals surface area contributed by atoms with E-state index in [1.165, 1.54) is 17.0 Å². The minimum absolute atomic E-state index is 0.000850. The number of carbonyl (C=O) groups excluding carboxylic acids is 2. The molecule has 1 N–H and O–H groups in total. The van der Waals surface area contributed by atoms with Crippen molar-refractivity contribution in [2.24, 2.45) is 0 Å². The molecule has 2 amide bonds. The van der Waals surface area contributed by atoms with Crippen LogP contribution in [0.5, 0.6) is 0 Å². The summed E-state index contributed by atoms with van der Waals surface area (Å²) >= 11 is 12.6. The number of hydrogen-bond acceptors (Lipinski definition) is 4. The van der Waals surface area contributed by atoms with Gasteiger partial charge in [0.25, 0.3) is 10.0 Å². The van der Waals surface area contributed by atoms with Crippen molar-refractivity contribution >= 4 is 50.7 Å². The lowest BCUT2D eigenvalue weighted by Crippen LogP contribution is -2.52. The third-order valence-electron chi connectivity index (χ3n) is 6.78. The molecule has 0 aliphatic carbocycles. The summed E-state index contributed by atoms with van der Waals surface area (Å²) in [6, 6.07) is 17.5. The van der Waals surface area contributed by atoms with E-state index in [0.717, 1.165) is 28.3 Å². The maximum atomic E-state index is 14.1. The van der Waals surface area contributed by atoms with Crippen LogP contribution in [0.15, 0.2) is 71.6 Å². The maximum Gasteiger partial charge on any atom is 0.264 e. The van der Waals surface area contributed by atoms with Gasteiger partial charge in [-0.3, -0.25) is 13.9 Å². The molecule has 0 radical (unpaired) electrons. The van der Waals surface area contributed by atoms with Crippen molar-refractivity contribution in [2.75, 3.05) is 17.4 Å². The second kappa shape index (κ2) is 14.7. The molecule has 3 aromatic carbocycles. The van der Waals surface area contributed by atoms with Crippen molar-refractivity contribution in [3.8, 4) is 0 Å². The zero-order valence-corrected chi connectivity index (χ0v) is 26.2. The second-order valence-electron chi connectivity index (χ2n) is 9.99. The Hall–Kier alpha value is -3.07. The molecule has 1 atom stereocenters. The number of sulfonamides is 1. The highest BCUT2D eigenvalue weighted by Crippen LogP contribution is 2.27. The Morgan fingerprint density at radius 3 is 2.07 bits per heavy atom. The highest BCUT2D eigenvalue weighted by atomic mass is 35.5. The molecule has 0 aromatic heterocycles. The van der Waals surface area contributed by atoms with Gasteiger partial charge in [-0.05, 0) is 68.7 Å². The summed E-state index contributed by atoms with van der Waals surface area (Å²) in [7, 11) is -4.13. The summed E-state index contributed by atoms with van der Waals surface area (Å²) in [6.45, 7) is 7.57. The molecule has 10 heteroatoms. The number of carbonyl (C=O) groups is 2. The van der Waals surface area contributed by atoms with Crippen molar-refractivity contribution in [2.45, 2.75) is 64.4 Å². The van der Waals surface area contributed by atoms with E-state index >= 15 is 0 Å². The molecule has 3 aromatic rings. The molecular formula is C31H37Cl2N3O4S. The number of nitrogens with one attached hydrogen (secondary N) is 1. The number of unbranched alkanes of at least 4 members (excludes halogenated alkanes) is 1. The van der Waals surface area contributed by atoms with E-state index in [-0.39, 0.29) is 17.3 Å². The van der Waals surface area contributed by atoms with Gasteiger partial charge in [-0.25, -0.2) is 8.42 Å². The molecular weight excluding hydrogens is 581 g/mol. The van der Waals surface area contributed by atoms with Gasteiger partial charge in [0, 0.05) is 23.1 Å². The van der Waals surface area contributed by atoms with Crippen LogP contribution in [-0.2, 0) is 26.2 Å². The van der Waals surface area contributed by atoms with Crippen LogP contribution in [-0.4, -0.2) is 44.3 Å². The monoisotopic (exact) mass is 617 g/mol. The fourth-order valence-corrected chi connectivity index (χ4v) is 6.22. The number of halogens is 2. The Balaban J connectivity index is 2.05. The molecule has 0 aliphatic rings. The molecule has 0 spiro atoms. The lowest BCUT2D eigenvalue weighted by Gasteiger charge is -2.33. The van der Waals surface area contributed by atoms with Crippen LogP contribution in [0, 0.1) is 13.8 Å². The standard InChI is InChI=1S/C31H37Cl2N3O4S/c1-5-7-18-34-31(38)29(6-2)35(20-24-12-13-25(32)19-28(24)33)30(37)21-36(26-14-8-22(3)9-15-26)41(39,40)27-16-10-23(4)11-17-27/h8-17,19,29H,5-7,18,20-21H2,1-4H3,(H,34,38)/t29-/m1/s1. The van der Waals surface area contributed by atoms with Gasteiger partial charge >= 0.3 is 0 Å². The largest absolute Gasteiger partial charge is 0.354 e. The maximum absolute atomic E-state index is 14.1. The minimum atomic E-state index is -4.13. The van der Waals surface area contributed by atoms with Gasteiger partial charge in [-0.2, -0.15) is 0 Å². The van der Waals surface area contributed by atoms with E-state index in [1.54, 1.807) is 54.6 Å². The van der Waals surface area contributed by atoms with Crippen molar-refractivity contribution in [1.29, 1.82) is 0 Å². The molecule has 0 saturated heterocycles. The molecule has 0 unspecified atom stereocenters. The number of nitrogens with zero attached hydrogens (tertiary/aromatic N) is 2. The molecule has 0 saturated carbocycles. The highest BCUT2D eigenvalue weighted by molar-refractivity contribution is 7.92. The first kappa shape index (κ1) is 32.4. The molecule has 0 fully saturated rings. The topological polar surface area (TPSA) is 86.8 Å². The third-order valence-corrected chi connectivity index (χ3v) is 9.16. The molecule has 3 rings (SSSR count). The van der Waals surface area contributed by atoms with Gasteiger partial charge in [-0.1, -0.05) is 84.9 Å². The Morgan fingerprint density at radius 2 is 1.51 bits per heavy atom. The van der Waals surface area contributed by atoms with Crippen molar-refractivity contribution in [1.82, 2.24) is 10.2 Å². The Kier molecular flexibility index (Phi) is 11.6. The van der Waals surface area contributed by atoms with Crippen molar-refractivity contribution in [3.05, 3.63) is 93.5 Å². The fraction of sp³-hybridized carbons (Fsp3) is 0.355. The van der Waals surface area contributed by atoms with E-state index in [2.05, 4.69) is 5.32 Å². The Morgan fingerprint density at radius 1 is 0.902 bits per heavy atom. The highest BCUT2D eigenvalue weighted by Gasteiger charge is 2.34. The van der Waals surface area contributed by atoms with Crippen LogP contribution in [0.3, 0.4) is 0 Å². The van der Waals surface area contributed by atoms with Gasteiger partial charge in [0.15, 0.2) is 0 Å². The van der Waals surface area contributed by atoms with Crippen LogP contribution in [0.25, 0.3) is 0 Å². The average Bonchev–Trinajstić information content (AvgIpc) is 2.93. The van der Waals surface area contributed by atoms with Gasteiger partial charge in [0.2, 0.25) is 11.8 Å². The lowest BCUT2D eigenvalue weighted by molar-refractivity contribution is -0.140. The third kappa shape index (κ3) is 8.47. The first-order valence-corrected chi connectivity index (χ1v) is 15.8. The summed E-state index contributed by atoms with van der Waals surface area (Å²) in [5, 5.41) is 3.70. The van der Waals surface area contributed by atoms with Crippen molar-refractivity contribution in [3.63, 3.8) is 0 Å². The summed E-state index contributed by atoms with van der Waals surface area (Å²) in [4.78, 5) is 28.9. The van der Waals surface area contributed by atoms with Crippen LogP contribution >= 0.6 is 23.2 Å². The summed E-state index contributed by atoms with van der Waals surface area (Å²) in [5.41, 5.74) is 2.79. The number of benzene rings is 3. The first-order chi connectivity index (χ1) is 19.5. The van der Waals surface area contributed by atoms with Gasteiger partial charge in [-0.15, -0.1) is 0 Å². The van der Waals surface area contributed by atoms with E-state index in [1.807, 2.05) is 27.7 Å². The van der Waals surface area contributed by atoms with E-state index in [0.29, 0.717) is 34.3 Å². The first-order valence-electron chi connectivity index (χ1n) is 13.6. The number of hydrogen-bond donors (Lipinski definition) is 1. The molecule has 0 heterocycles. The number of anilines is 1. The van der Waals surface area contributed by atoms with Crippen LogP contribution in [0.2, 0.25) is 10.0 Å². The van der Waals surface area contributed by atoms with Crippen LogP contribution in [0.4, 0.5) is 5.69 Å². The molecule has 0 bridgehead atoms. The SMILES string of the molecule is CCCCNC(=O)[C@@H](CC)N(Cc1ccc(Cl)cc1Cl)C(=O)CN(c1ccc(C)cc1)S(=O)(=O)c1ccc(C)cc1. The molecule has 0 aliphatic heterocycles.